The largest absolute Gasteiger partial charge is 0.497 e. The van der Waals surface area contributed by atoms with Crippen molar-refractivity contribution < 1.29 is 14.3 Å². The lowest BCUT2D eigenvalue weighted by Gasteiger charge is -2.19. The molecule has 0 amide bonds. The van der Waals surface area contributed by atoms with Gasteiger partial charge in [0.25, 0.3) is 0 Å². The van der Waals surface area contributed by atoms with E-state index in [0.717, 1.165) is 18.0 Å². The Hall–Kier alpha value is -2.30. The van der Waals surface area contributed by atoms with Crippen molar-refractivity contribution in [3.05, 3.63) is 48.0 Å². The molecule has 0 saturated heterocycles. The Labute approximate surface area is 137 Å². The Balaban J connectivity index is 1.86. The van der Waals surface area contributed by atoms with Crippen LogP contribution in [0.25, 0.3) is 0 Å². The van der Waals surface area contributed by atoms with Gasteiger partial charge >= 0.3 is 5.97 Å². The van der Waals surface area contributed by atoms with E-state index in [1.54, 1.807) is 13.4 Å². The number of hydrogen-bond acceptors (Lipinski definition) is 4. The number of methoxy groups -OCH3 is 1. The summed E-state index contributed by atoms with van der Waals surface area (Å²) in [5.41, 5.74) is 1.62. The van der Waals surface area contributed by atoms with E-state index in [-0.39, 0.29) is 5.97 Å². The number of aryl methyl sites for hydroxylation is 1. The van der Waals surface area contributed by atoms with Gasteiger partial charge in [-0.15, -0.1) is 0 Å². The molecule has 23 heavy (non-hydrogen) atoms. The van der Waals surface area contributed by atoms with Crippen molar-refractivity contribution in [3.63, 3.8) is 0 Å². The first kappa shape index (κ1) is 17.1. The maximum Gasteiger partial charge on any atom is 0.306 e. The average Bonchev–Trinajstić information content (AvgIpc) is 2.92. The van der Waals surface area contributed by atoms with Crippen LogP contribution in [0.15, 0.2) is 36.8 Å². The van der Waals surface area contributed by atoms with Gasteiger partial charge in [0.15, 0.2) is 0 Å². The highest BCUT2D eigenvalue weighted by molar-refractivity contribution is 5.70. The molecule has 0 fully saturated rings. The van der Waals surface area contributed by atoms with Crippen molar-refractivity contribution in [2.75, 3.05) is 7.11 Å². The van der Waals surface area contributed by atoms with Crippen LogP contribution >= 0.6 is 0 Å². The minimum absolute atomic E-state index is 0.192. The van der Waals surface area contributed by atoms with Crippen LogP contribution in [-0.4, -0.2) is 28.2 Å². The van der Waals surface area contributed by atoms with Crippen molar-refractivity contribution in [2.45, 2.75) is 45.8 Å². The van der Waals surface area contributed by atoms with Gasteiger partial charge in [-0.2, -0.15) is 0 Å². The normalized spacial score (nSPS) is 11.3. The van der Waals surface area contributed by atoms with E-state index < -0.39 is 5.60 Å². The van der Waals surface area contributed by atoms with E-state index in [0.29, 0.717) is 12.8 Å². The van der Waals surface area contributed by atoms with Crippen molar-refractivity contribution in [1.29, 1.82) is 0 Å². The second-order valence-electron chi connectivity index (χ2n) is 6.47. The SMILES string of the molecule is COc1ccc(Cn2cnc(CCC(=O)OC(C)(C)C)c2)cc1. The van der Waals surface area contributed by atoms with Crippen LogP contribution in [0, 0.1) is 0 Å². The molecule has 5 heteroatoms. The highest BCUT2D eigenvalue weighted by Crippen LogP contribution is 2.13. The number of imidazole rings is 1. The summed E-state index contributed by atoms with van der Waals surface area (Å²) in [4.78, 5) is 16.1. The van der Waals surface area contributed by atoms with Crippen molar-refractivity contribution in [2.24, 2.45) is 0 Å². The topological polar surface area (TPSA) is 53.4 Å². The number of aromatic nitrogens is 2. The molecule has 0 aliphatic heterocycles. The standard InChI is InChI=1S/C18H24N2O3/c1-18(2,3)23-17(21)10-7-15-12-20(13-19-15)11-14-5-8-16(22-4)9-6-14/h5-6,8-9,12-13H,7,10-11H2,1-4H3. The van der Waals surface area contributed by atoms with Gasteiger partial charge in [-0.3, -0.25) is 4.79 Å². The van der Waals surface area contributed by atoms with Crippen molar-refractivity contribution >= 4 is 5.97 Å². The number of nitrogens with zero attached hydrogens (tertiary/aromatic N) is 2. The summed E-state index contributed by atoms with van der Waals surface area (Å²) in [5, 5.41) is 0. The Bertz CT molecular complexity index is 639. The third-order valence-corrected chi connectivity index (χ3v) is 3.22. The Morgan fingerprint density at radius 3 is 2.52 bits per heavy atom. The predicted octanol–water partition coefficient (Wildman–Crippen LogP) is 3.21. The first-order valence-corrected chi connectivity index (χ1v) is 7.71. The van der Waals surface area contributed by atoms with Crippen LogP contribution < -0.4 is 4.74 Å². The highest BCUT2D eigenvalue weighted by atomic mass is 16.6. The number of benzene rings is 1. The van der Waals surface area contributed by atoms with Gasteiger partial charge in [0.1, 0.15) is 11.4 Å². The molecule has 0 unspecified atom stereocenters. The molecule has 0 aliphatic rings. The highest BCUT2D eigenvalue weighted by Gasteiger charge is 2.16. The molecule has 0 aliphatic carbocycles. The summed E-state index contributed by atoms with van der Waals surface area (Å²) in [6.07, 6.45) is 4.69. The van der Waals surface area contributed by atoms with E-state index in [2.05, 4.69) is 4.98 Å². The third-order valence-electron chi connectivity index (χ3n) is 3.22. The van der Waals surface area contributed by atoms with E-state index in [4.69, 9.17) is 9.47 Å². The Kier molecular flexibility index (Phi) is 5.42. The van der Waals surface area contributed by atoms with E-state index >= 15 is 0 Å². The summed E-state index contributed by atoms with van der Waals surface area (Å²) >= 11 is 0. The molecule has 0 bridgehead atoms. The third kappa shape index (κ3) is 5.77. The van der Waals surface area contributed by atoms with E-state index in [9.17, 15) is 4.79 Å². The smallest absolute Gasteiger partial charge is 0.306 e. The molecule has 2 aromatic rings. The van der Waals surface area contributed by atoms with E-state index in [1.165, 1.54) is 5.56 Å². The fourth-order valence-electron chi connectivity index (χ4n) is 2.19. The van der Waals surface area contributed by atoms with Crippen LogP contribution in [0.3, 0.4) is 0 Å². The molecular formula is C18H24N2O3. The number of carbonyl (C=O) groups is 1. The van der Waals surface area contributed by atoms with Gasteiger partial charge in [0.2, 0.25) is 0 Å². The fraction of sp³-hybridized carbons (Fsp3) is 0.444. The lowest BCUT2D eigenvalue weighted by Crippen LogP contribution is -2.24. The molecule has 5 nitrogen and oxygen atoms in total. The minimum atomic E-state index is -0.440. The van der Waals surface area contributed by atoms with Crippen LogP contribution in [-0.2, 0) is 22.5 Å². The Morgan fingerprint density at radius 2 is 1.91 bits per heavy atom. The first-order chi connectivity index (χ1) is 10.9. The quantitative estimate of drug-likeness (QED) is 0.768. The second-order valence-corrected chi connectivity index (χ2v) is 6.47. The van der Waals surface area contributed by atoms with Gasteiger partial charge in [-0.1, -0.05) is 12.1 Å². The van der Waals surface area contributed by atoms with E-state index in [1.807, 2.05) is 55.8 Å². The summed E-state index contributed by atoms with van der Waals surface area (Å²) in [6, 6.07) is 7.93. The maximum absolute atomic E-state index is 11.7. The summed E-state index contributed by atoms with van der Waals surface area (Å²) in [7, 11) is 1.65. The molecule has 0 saturated carbocycles. The number of hydrogen-bond donors (Lipinski definition) is 0. The maximum atomic E-state index is 11.7. The second kappa shape index (κ2) is 7.31. The van der Waals surface area contributed by atoms with Gasteiger partial charge in [-0.25, -0.2) is 4.98 Å². The van der Waals surface area contributed by atoms with Crippen LogP contribution in [0.1, 0.15) is 38.4 Å². The zero-order valence-corrected chi connectivity index (χ0v) is 14.2. The summed E-state index contributed by atoms with van der Waals surface area (Å²) in [6.45, 7) is 6.35. The van der Waals surface area contributed by atoms with Gasteiger partial charge in [0.05, 0.1) is 25.6 Å². The minimum Gasteiger partial charge on any atom is -0.497 e. The van der Waals surface area contributed by atoms with Crippen LogP contribution in [0.4, 0.5) is 0 Å². The van der Waals surface area contributed by atoms with Gasteiger partial charge in [-0.05, 0) is 38.5 Å². The van der Waals surface area contributed by atoms with Crippen LogP contribution in [0.5, 0.6) is 5.75 Å². The molecule has 0 atom stereocenters. The molecule has 124 valence electrons. The molecule has 0 spiro atoms. The van der Waals surface area contributed by atoms with Crippen molar-refractivity contribution in [1.82, 2.24) is 9.55 Å². The monoisotopic (exact) mass is 316 g/mol. The number of carbonyl (C=O) groups excluding carboxylic acids is 1. The average molecular weight is 316 g/mol. The van der Waals surface area contributed by atoms with Gasteiger partial charge in [0, 0.05) is 19.2 Å². The van der Waals surface area contributed by atoms with Crippen LogP contribution in [0.2, 0.25) is 0 Å². The molecule has 0 radical (unpaired) electrons. The fourth-order valence-corrected chi connectivity index (χ4v) is 2.19. The molecular weight excluding hydrogens is 292 g/mol. The number of esters is 1. The van der Waals surface area contributed by atoms with Crippen molar-refractivity contribution in [3.8, 4) is 5.75 Å². The molecule has 1 heterocycles. The molecule has 1 aromatic carbocycles. The summed E-state index contributed by atoms with van der Waals surface area (Å²) in [5.74, 6) is 0.652. The lowest BCUT2D eigenvalue weighted by molar-refractivity contribution is -0.154. The first-order valence-electron chi connectivity index (χ1n) is 7.71. The lowest BCUT2D eigenvalue weighted by atomic mass is 10.2. The predicted molar refractivity (Wildman–Crippen MR) is 88.5 cm³/mol. The zero-order chi connectivity index (χ0) is 16.9. The number of rotatable bonds is 6. The molecule has 2 rings (SSSR count). The number of ether oxygens (including phenoxy) is 2. The Morgan fingerprint density at radius 1 is 1.22 bits per heavy atom. The van der Waals surface area contributed by atoms with Gasteiger partial charge < -0.3 is 14.0 Å². The molecule has 1 aromatic heterocycles. The zero-order valence-electron chi connectivity index (χ0n) is 14.2. The molecule has 0 N–H and O–H groups in total. The summed E-state index contributed by atoms with van der Waals surface area (Å²) < 4.78 is 12.5.